The van der Waals surface area contributed by atoms with Gasteiger partial charge in [0.1, 0.15) is 5.75 Å². The van der Waals surface area contributed by atoms with Crippen LogP contribution in [0.15, 0.2) is 42.5 Å². The van der Waals surface area contributed by atoms with Crippen LogP contribution in [-0.2, 0) is 5.75 Å². The van der Waals surface area contributed by atoms with Crippen LogP contribution in [0.25, 0.3) is 0 Å². The normalized spacial score (nSPS) is 12.2. The Morgan fingerprint density at radius 3 is 2.71 bits per heavy atom. The van der Waals surface area contributed by atoms with Crippen LogP contribution in [-0.4, -0.2) is 12.9 Å². The van der Waals surface area contributed by atoms with Crippen molar-refractivity contribution in [2.24, 2.45) is 5.73 Å². The van der Waals surface area contributed by atoms with Crippen LogP contribution < -0.4 is 10.5 Å². The molecule has 0 radical (unpaired) electrons. The second-order valence-corrected chi connectivity index (χ2v) is 6.40. The summed E-state index contributed by atoms with van der Waals surface area (Å²) in [6.45, 7) is 2.06. The van der Waals surface area contributed by atoms with Gasteiger partial charge in [-0.05, 0) is 24.6 Å². The van der Waals surface area contributed by atoms with E-state index in [0.717, 1.165) is 33.4 Å². The highest BCUT2D eigenvalue weighted by Crippen LogP contribution is 2.29. The van der Waals surface area contributed by atoms with Gasteiger partial charge in [-0.25, -0.2) is 0 Å². The van der Waals surface area contributed by atoms with Gasteiger partial charge in [0, 0.05) is 28.1 Å². The van der Waals surface area contributed by atoms with Crippen molar-refractivity contribution in [1.29, 1.82) is 0 Å². The average Bonchev–Trinajstić information content (AvgIpc) is 2.49. The lowest BCUT2D eigenvalue weighted by Gasteiger charge is -2.16. The minimum absolute atomic E-state index is 0.0488. The van der Waals surface area contributed by atoms with Crippen molar-refractivity contribution in [1.82, 2.24) is 0 Å². The molecule has 1 unspecified atom stereocenters. The lowest BCUT2D eigenvalue weighted by molar-refractivity contribution is 0.407. The Kier molecular flexibility index (Phi) is 5.97. The number of thioether (sulfide) groups is 1. The number of hydrogen-bond donors (Lipinski definition) is 1. The highest BCUT2D eigenvalue weighted by atomic mass is 35.5. The van der Waals surface area contributed by atoms with Crippen LogP contribution >= 0.6 is 23.4 Å². The third kappa shape index (κ3) is 4.40. The molecule has 2 N–H and O–H groups in total. The van der Waals surface area contributed by atoms with Gasteiger partial charge in [0.05, 0.1) is 7.11 Å². The zero-order chi connectivity index (χ0) is 15.2. The van der Waals surface area contributed by atoms with Crippen molar-refractivity contribution in [2.45, 2.75) is 18.7 Å². The SMILES string of the molecule is COc1ccc(C)cc1C(N)CSCc1ccccc1Cl. The number of benzene rings is 2. The number of halogens is 1. The lowest BCUT2D eigenvalue weighted by Crippen LogP contribution is -2.14. The first-order valence-corrected chi connectivity index (χ1v) is 8.36. The molecule has 0 saturated heterocycles. The number of hydrogen-bond acceptors (Lipinski definition) is 3. The van der Waals surface area contributed by atoms with E-state index in [1.165, 1.54) is 5.56 Å². The van der Waals surface area contributed by atoms with Gasteiger partial charge in [-0.3, -0.25) is 0 Å². The lowest BCUT2D eigenvalue weighted by atomic mass is 10.1. The number of methoxy groups -OCH3 is 1. The van der Waals surface area contributed by atoms with E-state index in [-0.39, 0.29) is 6.04 Å². The molecule has 0 aromatic heterocycles. The van der Waals surface area contributed by atoms with Crippen LogP contribution in [0.1, 0.15) is 22.7 Å². The van der Waals surface area contributed by atoms with Crippen molar-refractivity contribution >= 4 is 23.4 Å². The summed E-state index contributed by atoms with van der Waals surface area (Å²) >= 11 is 7.94. The smallest absolute Gasteiger partial charge is 0.123 e. The Labute approximate surface area is 135 Å². The average molecular weight is 322 g/mol. The standard InChI is InChI=1S/C17H20ClNOS/c1-12-7-8-17(20-2)14(9-12)16(19)11-21-10-13-5-3-4-6-15(13)18/h3-9,16H,10-11,19H2,1-2H3. The second-order valence-electron chi connectivity index (χ2n) is 4.96. The van der Waals surface area contributed by atoms with E-state index >= 15 is 0 Å². The number of ether oxygens (including phenoxy) is 1. The molecule has 0 saturated carbocycles. The number of nitrogens with two attached hydrogens (primary N) is 1. The van der Waals surface area contributed by atoms with Crippen molar-refractivity contribution in [3.8, 4) is 5.75 Å². The Morgan fingerprint density at radius 2 is 2.00 bits per heavy atom. The van der Waals surface area contributed by atoms with Crippen LogP contribution in [0.3, 0.4) is 0 Å². The monoisotopic (exact) mass is 321 g/mol. The first kappa shape index (κ1) is 16.2. The van der Waals surface area contributed by atoms with Gasteiger partial charge < -0.3 is 10.5 Å². The molecule has 2 aromatic carbocycles. The minimum Gasteiger partial charge on any atom is -0.496 e. The summed E-state index contributed by atoms with van der Waals surface area (Å²) in [4.78, 5) is 0. The van der Waals surface area contributed by atoms with E-state index in [0.29, 0.717) is 0 Å². The first-order valence-electron chi connectivity index (χ1n) is 6.83. The van der Waals surface area contributed by atoms with E-state index in [1.54, 1.807) is 18.9 Å². The fourth-order valence-corrected chi connectivity index (χ4v) is 3.45. The number of rotatable bonds is 6. The first-order chi connectivity index (χ1) is 10.1. The summed E-state index contributed by atoms with van der Waals surface area (Å²) < 4.78 is 5.39. The van der Waals surface area contributed by atoms with Gasteiger partial charge in [-0.1, -0.05) is 47.5 Å². The molecule has 0 aliphatic heterocycles. The second kappa shape index (κ2) is 7.74. The largest absolute Gasteiger partial charge is 0.496 e. The van der Waals surface area contributed by atoms with Crippen molar-refractivity contribution in [3.05, 3.63) is 64.2 Å². The summed E-state index contributed by atoms with van der Waals surface area (Å²) in [6, 6.07) is 14.0. The Bertz CT molecular complexity index is 603. The fourth-order valence-electron chi connectivity index (χ4n) is 2.14. The highest BCUT2D eigenvalue weighted by Gasteiger charge is 2.12. The van der Waals surface area contributed by atoms with E-state index in [9.17, 15) is 0 Å². The molecule has 0 amide bonds. The van der Waals surface area contributed by atoms with Crippen molar-refractivity contribution in [3.63, 3.8) is 0 Å². The molecule has 21 heavy (non-hydrogen) atoms. The van der Waals surface area contributed by atoms with Crippen molar-refractivity contribution < 1.29 is 4.74 Å². The molecule has 0 aliphatic rings. The molecular weight excluding hydrogens is 302 g/mol. The van der Waals surface area contributed by atoms with E-state index < -0.39 is 0 Å². The minimum atomic E-state index is -0.0488. The zero-order valence-corrected chi connectivity index (χ0v) is 13.9. The van der Waals surface area contributed by atoms with Gasteiger partial charge in [0.15, 0.2) is 0 Å². The number of aryl methyl sites for hydroxylation is 1. The third-order valence-corrected chi connectivity index (χ3v) is 4.78. The predicted molar refractivity (Wildman–Crippen MR) is 92.3 cm³/mol. The summed E-state index contributed by atoms with van der Waals surface area (Å²) in [6.07, 6.45) is 0. The Hall–Kier alpha value is -1.16. The molecule has 1 atom stereocenters. The quantitative estimate of drug-likeness (QED) is 0.845. The van der Waals surface area contributed by atoms with Crippen LogP contribution in [0.4, 0.5) is 0 Å². The molecule has 2 aromatic rings. The predicted octanol–water partition coefficient (Wildman–Crippen LogP) is 4.59. The topological polar surface area (TPSA) is 35.2 Å². The van der Waals surface area contributed by atoms with Gasteiger partial charge in [0.25, 0.3) is 0 Å². The maximum atomic E-state index is 6.31. The fraction of sp³-hybridized carbons (Fsp3) is 0.294. The van der Waals surface area contributed by atoms with Crippen molar-refractivity contribution in [2.75, 3.05) is 12.9 Å². The molecule has 0 spiro atoms. The maximum Gasteiger partial charge on any atom is 0.123 e. The molecule has 0 bridgehead atoms. The molecule has 2 nitrogen and oxygen atoms in total. The summed E-state index contributed by atoms with van der Waals surface area (Å²) in [5.74, 6) is 2.54. The molecule has 112 valence electrons. The molecule has 0 aliphatic carbocycles. The summed E-state index contributed by atoms with van der Waals surface area (Å²) in [5, 5.41) is 0.812. The van der Waals surface area contributed by atoms with E-state index in [2.05, 4.69) is 13.0 Å². The van der Waals surface area contributed by atoms with Gasteiger partial charge >= 0.3 is 0 Å². The van der Waals surface area contributed by atoms with Crippen LogP contribution in [0.2, 0.25) is 5.02 Å². The molecule has 4 heteroatoms. The van der Waals surface area contributed by atoms with E-state index in [1.807, 2.05) is 36.4 Å². The summed E-state index contributed by atoms with van der Waals surface area (Å²) in [7, 11) is 1.68. The van der Waals surface area contributed by atoms with E-state index in [4.69, 9.17) is 22.1 Å². The van der Waals surface area contributed by atoms with Crippen LogP contribution in [0, 0.1) is 6.92 Å². The molecule has 0 heterocycles. The third-order valence-electron chi connectivity index (χ3n) is 3.30. The highest BCUT2D eigenvalue weighted by molar-refractivity contribution is 7.98. The van der Waals surface area contributed by atoms with Crippen LogP contribution in [0.5, 0.6) is 5.75 Å². The Balaban J connectivity index is 1.97. The van der Waals surface area contributed by atoms with Gasteiger partial charge in [-0.15, -0.1) is 0 Å². The molecule has 2 rings (SSSR count). The van der Waals surface area contributed by atoms with Gasteiger partial charge in [0.2, 0.25) is 0 Å². The maximum absolute atomic E-state index is 6.31. The van der Waals surface area contributed by atoms with Gasteiger partial charge in [-0.2, -0.15) is 11.8 Å². The summed E-state index contributed by atoms with van der Waals surface area (Å²) in [5.41, 5.74) is 9.71. The molecule has 0 fully saturated rings. The molecular formula is C17H20ClNOS. The zero-order valence-electron chi connectivity index (χ0n) is 12.3. The Morgan fingerprint density at radius 1 is 1.24 bits per heavy atom.